The average Bonchev–Trinajstić information content (AvgIpc) is 2.37. The van der Waals surface area contributed by atoms with Gasteiger partial charge in [0.05, 0.1) is 6.54 Å². The molecule has 0 aliphatic heterocycles. The molecule has 118 valence electrons. The number of aromatic nitrogens is 2. The van der Waals surface area contributed by atoms with E-state index in [1.165, 1.54) is 0 Å². The minimum absolute atomic E-state index is 0.0224. The lowest BCUT2D eigenvalue weighted by molar-refractivity contribution is -0.119. The van der Waals surface area contributed by atoms with Gasteiger partial charge in [0, 0.05) is 24.6 Å². The first-order valence-electron chi connectivity index (χ1n) is 7.19. The van der Waals surface area contributed by atoms with Crippen molar-refractivity contribution in [3.05, 3.63) is 16.5 Å². The second-order valence-electron chi connectivity index (χ2n) is 6.24. The number of nitrogens with zero attached hydrogens (tertiary/aromatic N) is 3. The molecular weight excluding hydrogens is 288 g/mol. The summed E-state index contributed by atoms with van der Waals surface area (Å²) in [4.78, 5) is 22.6. The lowest BCUT2D eigenvalue weighted by Crippen LogP contribution is -2.36. The number of nitrogens with one attached hydrogen (secondary N) is 1. The van der Waals surface area contributed by atoms with Gasteiger partial charge in [0.2, 0.25) is 5.91 Å². The maximum absolute atomic E-state index is 11.8. The van der Waals surface area contributed by atoms with Crippen molar-refractivity contribution in [1.29, 1.82) is 0 Å². The molecule has 1 N–H and O–H groups in total. The van der Waals surface area contributed by atoms with E-state index >= 15 is 0 Å². The van der Waals surface area contributed by atoms with E-state index in [4.69, 9.17) is 11.6 Å². The molecule has 0 aliphatic carbocycles. The van der Waals surface area contributed by atoms with Gasteiger partial charge in [-0.05, 0) is 13.3 Å². The zero-order chi connectivity index (χ0) is 16.2. The van der Waals surface area contributed by atoms with Gasteiger partial charge >= 0.3 is 0 Å². The van der Waals surface area contributed by atoms with Gasteiger partial charge in [0.15, 0.2) is 0 Å². The standard InChI is InChI=1S/C15H25ClN4O/c1-7-8-17-11(21)9-20(6)13-10(2)12(16)18-14(19-13)15(3,4)5/h7-9H2,1-6H3,(H,17,21). The van der Waals surface area contributed by atoms with Crippen LogP contribution in [0, 0.1) is 6.92 Å². The largest absolute Gasteiger partial charge is 0.355 e. The number of amides is 1. The van der Waals surface area contributed by atoms with Crippen LogP contribution in [-0.2, 0) is 10.2 Å². The summed E-state index contributed by atoms with van der Waals surface area (Å²) in [6.45, 7) is 10.9. The zero-order valence-electron chi connectivity index (χ0n) is 13.7. The van der Waals surface area contributed by atoms with Crippen molar-refractivity contribution in [1.82, 2.24) is 15.3 Å². The van der Waals surface area contributed by atoms with E-state index in [0.29, 0.717) is 23.3 Å². The Kier molecular flexibility index (Phi) is 5.96. The molecule has 0 radical (unpaired) electrons. The number of carbonyl (C=O) groups excluding carboxylic acids is 1. The van der Waals surface area contributed by atoms with E-state index in [2.05, 4.69) is 15.3 Å². The molecule has 0 saturated heterocycles. The molecule has 0 saturated carbocycles. The van der Waals surface area contributed by atoms with Crippen molar-refractivity contribution in [2.75, 3.05) is 25.0 Å². The van der Waals surface area contributed by atoms with Crippen LogP contribution in [0.1, 0.15) is 45.5 Å². The fourth-order valence-electron chi connectivity index (χ4n) is 1.80. The van der Waals surface area contributed by atoms with Crippen molar-refractivity contribution in [3.8, 4) is 0 Å². The second-order valence-corrected chi connectivity index (χ2v) is 6.60. The summed E-state index contributed by atoms with van der Waals surface area (Å²) in [5.74, 6) is 1.35. The number of hydrogen-bond donors (Lipinski definition) is 1. The highest BCUT2D eigenvalue weighted by Gasteiger charge is 2.22. The number of rotatable bonds is 5. The maximum atomic E-state index is 11.8. The van der Waals surface area contributed by atoms with E-state index in [1.54, 1.807) is 0 Å². The van der Waals surface area contributed by atoms with Gasteiger partial charge in [0.1, 0.15) is 16.8 Å². The summed E-state index contributed by atoms with van der Waals surface area (Å²) in [5.41, 5.74) is 0.590. The normalized spacial score (nSPS) is 11.4. The van der Waals surface area contributed by atoms with E-state index in [9.17, 15) is 4.79 Å². The first kappa shape index (κ1) is 17.7. The number of halogens is 1. The third-order valence-electron chi connectivity index (χ3n) is 3.05. The van der Waals surface area contributed by atoms with Gasteiger partial charge in [-0.3, -0.25) is 4.79 Å². The summed E-state index contributed by atoms with van der Waals surface area (Å²) in [5, 5.41) is 3.29. The van der Waals surface area contributed by atoms with Crippen LogP contribution < -0.4 is 10.2 Å². The summed E-state index contributed by atoms with van der Waals surface area (Å²) in [6.07, 6.45) is 0.919. The SMILES string of the molecule is CCCNC(=O)CN(C)c1nc(C(C)(C)C)nc(Cl)c1C. The molecule has 5 nitrogen and oxygen atoms in total. The van der Waals surface area contributed by atoms with Crippen LogP contribution in [0.15, 0.2) is 0 Å². The van der Waals surface area contributed by atoms with E-state index in [-0.39, 0.29) is 17.9 Å². The molecule has 0 atom stereocenters. The predicted molar refractivity (Wildman–Crippen MR) is 87.0 cm³/mol. The third-order valence-corrected chi connectivity index (χ3v) is 3.41. The van der Waals surface area contributed by atoms with Crippen LogP contribution in [0.3, 0.4) is 0 Å². The van der Waals surface area contributed by atoms with Crippen LogP contribution in [0.25, 0.3) is 0 Å². The van der Waals surface area contributed by atoms with Gasteiger partial charge in [-0.25, -0.2) is 9.97 Å². The fraction of sp³-hybridized carbons (Fsp3) is 0.667. The van der Waals surface area contributed by atoms with Gasteiger partial charge in [-0.1, -0.05) is 39.3 Å². The monoisotopic (exact) mass is 312 g/mol. The number of likely N-dealkylation sites (N-methyl/N-ethyl adjacent to an activating group) is 1. The maximum Gasteiger partial charge on any atom is 0.239 e. The molecule has 0 bridgehead atoms. The molecule has 0 unspecified atom stereocenters. The quantitative estimate of drug-likeness (QED) is 0.849. The Bertz CT molecular complexity index is 511. The molecule has 1 aromatic rings. The van der Waals surface area contributed by atoms with E-state index < -0.39 is 0 Å². The van der Waals surface area contributed by atoms with Gasteiger partial charge < -0.3 is 10.2 Å². The van der Waals surface area contributed by atoms with Crippen LogP contribution in [0.4, 0.5) is 5.82 Å². The van der Waals surface area contributed by atoms with Crippen LogP contribution in [0.5, 0.6) is 0 Å². The van der Waals surface area contributed by atoms with Crippen molar-refractivity contribution in [2.45, 2.75) is 46.5 Å². The van der Waals surface area contributed by atoms with Crippen molar-refractivity contribution in [3.63, 3.8) is 0 Å². The summed E-state index contributed by atoms with van der Waals surface area (Å²) >= 11 is 6.21. The highest BCUT2D eigenvalue weighted by atomic mass is 35.5. The molecule has 0 spiro atoms. The summed E-state index contributed by atoms with van der Waals surface area (Å²) in [6, 6.07) is 0. The molecular formula is C15H25ClN4O. The topological polar surface area (TPSA) is 58.1 Å². The minimum Gasteiger partial charge on any atom is -0.355 e. The molecule has 1 amide bonds. The molecule has 0 aliphatic rings. The molecule has 1 rings (SSSR count). The van der Waals surface area contributed by atoms with E-state index in [0.717, 1.165) is 12.0 Å². The Morgan fingerprint density at radius 1 is 1.33 bits per heavy atom. The molecule has 21 heavy (non-hydrogen) atoms. The number of carbonyl (C=O) groups is 1. The third kappa shape index (κ3) is 4.84. The van der Waals surface area contributed by atoms with E-state index in [1.807, 2.05) is 46.6 Å². The first-order chi connectivity index (χ1) is 9.66. The highest BCUT2D eigenvalue weighted by molar-refractivity contribution is 6.30. The number of anilines is 1. The van der Waals surface area contributed by atoms with Crippen molar-refractivity contribution in [2.24, 2.45) is 0 Å². The zero-order valence-corrected chi connectivity index (χ0v) is 14.5. The molecule has 0 fully saturated rings. The Hall–Kier alpha value is -1.36. The van der Waals surface area contributed by atoms with Crippen molar-refractivity contribution < 1.29 is 4.79 Å². The Labute approximate surface area is 132 Å². The highest BCUT2D eigenvalue weighted by Crippen LogP contribution is 2.27. The van der Waals surface area contributed by atoms with Gasteiger partial charge in [0.25, 0.3) is 0 Å². The predicted octanol–water partition coefficient (Wildman–Crippen LogP) is 2.70. The van der Waals surface area contributed by atoms with Crippen LogP contribution in [0.2, 0.25) is 5.15 Å². The molecule has 1 heterocycles. The Balaban J connectivity index is 3.00. The first-order valence-corrected chi connectivity index (χ1v) is 7.57. The van der Waals surface area contributed by atoms with Gasteiger partial charge in [-0.2, -0.15) is 0 Å². The molecule has 6 heteroatoms. The number of hydrogen-bond acceptors (Lipinski definition) is 4. The van der Waals surface area contributed by atoms with Gasteiger partial charge in [-0.15, -0.1) is 0 Å². The minimum atomic E-state index is -0.197. The van der Waals surface area contributed by atoms with Crippen LogP contribution >= 0.6 is 11.6 Å². The summed E-state index contributed by atoms with van der Waals surface area (Å²) < 4.78 is 0. The smallest absolute Gasteiger partial charge is 0.239 e. The Morgan fingerprint density at radius 3 is 2.48 bits per heavy atom. The lowest BCUT2D eigenvalue weighted by atomic mass is 9.95. The van der Waals surface area contributed by atoms with Crippen LogP contribution in [-0.4, -0.2) is 36.0 Å². The summed E-state index contributed by atoms with van der Waals surface area (Å²) in [7, 11) is 1.84. The Morgan fingerprint density at radius 2 is 1.95 bits per heavy atom. The molecule has 1 aromatic heterocycles. The fourth-order valence-corrected chi connectivity index (χ4v) is 1.96. The lowest BCUT2D eigenvalue weighted by Gasteiger charge is -2.24. The average molecular weight is 313 g/mol. The molecule has 0 aromatic carbocycles. The second kappa shape index (κ2) is 7.07. The van der Waals surface area contributed by atoms with Crippen molar-refractivity contribution >= 4 is 23.3 Å².